The van der Waals surface area contributed by atoms with E-state index >= 15 is 0 Å². The highest BCUT2D eigenvalue weighted by Gasteiger charge is 2.07. The number of ether oxygens (including phenoxy) is 1. The molecule has 0 atom stereocenters. The van der Waals surface area contributed by atoms with E-state index < -0.39 is 5.97 Å². The van der Waals surface area contributed by atoms with E-state index in [-0.39, 0.29) is 12.4 Å². The molecule has 1 aromatic carbocycles. The van der Waals surface area contributed by atoms with E-state index in [9.17, 15) is 9.59 Å². The quantitative estimate of drug-likeness (QED) is 0.465. The number of ketones is 1. The Labute approximate surface area is 100 Å². The van der Waals surface area contributed by atoms with Crippen LogP contribution in [0.4, 0.5) is 0 Å². The van der Waals surface area contributed by atoms with E-state index in [2.05, 4.69) is 0 Å². The molecule has 0 saturated heterocycles. The fraction of sp³-hybridized carbons (Fsp3) is 0.385. The van der Waals surface area contributed by atoms with Gasteiger partial charge in [0.15, 0.2) is 5.78 Å². The molecule has 0 saturated carbocycles. The predicted octanol–water partition coefficient (Wildman–Crippen LogP) is 1.82. The van der Waals surface area contributed by atoms with Gasteiger partial charge in [0.25, 0.3) is 0 Å². The lowest BCUT2D eigenvalue weighted by atomic mass is 10.1. The molecule has 0 spiro atoms. The van der Waals surface area contributed by atoms with Crippen molar-refractivity contribution in [1.82, 2.24) is 0 Å². The minimum Gasteiger partial charge on any atom is -0.462 e. The molecule has 0 aromatic heterocycles. The number of esters is 1. The van der Waals surface area contributed by atoms with Crippen molar-refractivity contribution in [3.05, 3.63) is 35.4 Å². The van der Waals surface area contributed by atoms with Crippen LogP contribution in [0.3, 0.4) is 0 Å². The van der Waals surface area contributed by atoms with E-state index in [0.29, 0.717) is 30.6 Å². The van der Waals surface area contributed by atoms with Gasteiger partial charge in [0.2, 0.25) is 0 Å². The van der Waals surface area contributed by atoms with Gasteiger partial charge in [-0.05, 0) is 31.9 Å². The van der Waals surface area contributed by atoms with Crippen LogP contribution < -0.4 is 0 Å². The molecule has 0 radical (unpaired) electrons. The number of hydrogen-bond acceptors (Lipinski definition) is 4. The summed E-state index contributed by atoms with van der Waals surface area (Å²) < 4.78 is 5.00. The van der Waals surface area contributed by atoms with Crippen LogP contribution in [-0.2, 0) is 4.74 Å². The molecule has 0 heterocycles. The van der Waals surface area contributed by atoms with Gasteiger partial charge in [0.1, 0.15) is 0 Å². The zero-order valence-corrected chi connectivity index (χ0v) is 9.81. The Morgan fingerprint density at radius 3 is 2.24 bits per heavy atom. The number of rotatable bonds is 6. The van der Waals surface area contributed by atoms with Crippen LogP contribution >= 0.6 is 0 Å². The third kappa shape index (κ3) is 4.36. The average Bonchev–Trinajstić information content (AvgIpc) is 2.34. The fourth-order valence-electron chi connectivity index (χ4n) is 1.30. The molecule has 4 heteroatoms. The van der Waals surface area contributed by atoms with E-state index in [1.807, 2.05) is 0 Å². The molecule has 17 heavy (non-hydrogen) atoms. The highest BCUT2D eigenvalue weighted by atomic mass is 16.5. The lowest BCUT2D eigenvalue weighted by Gasteiger charge is -2.04. The van der Waals surface area contributed by atoms with Crippen molar-refractivity contribution in [1.29, 1.82) is 0 Å². The Bertz CT molecular complexity index is 381. The first-order valence-corrected chi connectivity index (χ1v) is 5.54. The van der Waals surface area contributed by atoms with E-state index in [4.69, 9.17) is 9.84 Å². The summed E-state index contributed by atoms with van der Waals surface area (Å²) in [7, 11) is 0. The van der Waals surface area contributed by atoms with E-state index in [0.717, 1.165) is 0 Å². The van der Waals surface area contributed by atoms with Crippen LogP contribution in [0.1, 0.15) is 40.5 Å². The van der Waals surface area contributed by atoms with E-state index in [1.54, 1.807) is 24.3 Å². The third-order valence-corrected chi connectivity index (χ3v) is 2.31. The fourth-order valence-corrected chi connectivity index (χ4v) is 1.30. The molecule has 0 amide bonds. The maximum absolute atomic E-state index is 11.5. The minimum absolute atomic E-state index is 0.0344. The summed E-state index contributed by atoms with van der Waals surface area (Å²) in [5.74, 6) is -0.439. The molecule has 0 aliphatic carbocycles. The molecule has 4 nitrogen and oxygen atoms in total. The van der Waals surface area contributed by atoms with Gasteiger partial charge in [-0.15, -0.1) is 0 Å². The van der Waals surface area contributed by atoms with Crippen LogP contribution in [0, 0.1) is 0 Å². The summed E-state index contributed by atoms with van der Waals surface area (Å²) in [6, 6.07) is 6.36. The van der Waals surface area contributed by atoms with Crippen LogP contribution in [0.2, 0.25) is 0 Å². The Kier molecular flexibility index (Phi) is 5.36. The second kappa shape index (κ2) is 6.81. The van der Waals surface area contributed by atoms with Crippen molar-refractivity contribution in [2.75, 3.05) is 13.2 Å². The first-order chi connectivity index (χ1) is 8.15. The third-order valence-electron chi connectivity index (χ3n) is 2.31. The Hall–Kier alpha value is -1.68. The topological polar surface area (TPSA) is 63.6 Å². The van der Waals surface area contributed by atoms with Crippen molar-refractivity contribution in [3.63, 3.8) is 0 Å². The number of aliphatic hydroxyl groups excluding tert-OH is 1. The van der Waals surface area contributed by atoms with Gasteiger partial charge in [0.05, 0.1) is 12.2 Å². The molecule has 0 unspecified atom stereocenters. The number of aliphatic hydroxyl groups is 1. The van der Waals surface area contributed by atoms with Crippen molar-refractivity contribution < 1.29 is 19.4 Å². The van der Waals surface area contributed by atoms with Gasteiger partial charge in [-0.2, -0.15) is 0 Å². The van der Waals surface area contributed by atoms with Crippen molar-refractivity contribution in [3.8, 4) is 0 Å². The lowest BCUT2D eigenvalue weighted by molar-refractivity contribution is 0.0492. The Morgan fingerprint density at radius 1 is 1.12 bits per heavy atom. The van der Waals surface area contributed by atoms with Gasteiger partial charge < -0.3 is 9.84 Å². The normalized spacial score (nSPS) is 10.0. The summed E-state index contributed by atoms with van der Waals surface area (Å²) in [6.45, 7) is 1.88. The SMILES string of the molecule is CC(=O)c1ccc(C(=O)OCCCCO)cc1. The van der Waals surface area contributed by atoms with Crippen LogP contribution in [0.15, 0.2) is 24.3 Å². The van der Waals surface area contributed by atoms with E-state index in [1.165, 1.54) is 6.92 Å². The van der Waals surface area contributed by atoms with Crippen molar-refractivity contribution in [2.24, 2.45) is 0 Å². The standard InChI is InChI=1S/C13H16O4/c1-10(15)11-4-6-12(7-5-11)13(16)17-9-3-2-8-14/h4-7,14H,2-3,8-9H2,1H3. The van der Waals surface area contributed by atoms with Gasteiger partial charge in [-0.1, -0.05) is 12.1 Å². The largest absolute Gasteiger partial charge is 0.462 e. The highest BCUT2D eigenvalue weighted by molar-refractivity contribution is 5.96. The summed E-state index contributed by atoms with van der Waals surface area (Å²) >= 11 is 0. The van der Waals surface area contributed by atoms with Gasteiger partial charge in [-0.3, -0.25) is 4.79 Å². The number of carbonyl (C=O) groups excluding carboxylic acids is 2. The molecule has 0 aliphatic heterocycles. The molecular formula is C13H16O4. The second-order valence-corrected chi connectivity index (χ2v) is 3.70. The number of carbonyl (C=O) groups is 2. The lowest BCUT2D eigenvalue weighted by Crippen LogP contribution is -2.07. The van der Waals surface area contributed by atoms with Gasteiger partial charge in [0, 0.05) is 12.2 Å². The van der Waals surface area contributed by atoms with Gasteiger partial charge in [-0.25, -0.2) is 4.79 Å². The molecule has 1 rings (SSSR count). The maximum Gasteiger partial charge on any atom is 0.338 e. The zero-order valence-electron chi connectivity index (χ0n) is 9.81. The van der Waals surface area contributed by atoms with Crippen molar-refractivity contribution >= 4 is 11.8 Å². The number of benzene rings is 1. The molecule has 92 valence electrons. The Balaban J connectivity index is 2.49. The summed E-state index contributed by atoms with van der Waals surface area (Å²) in [4.78, 5) is 22.5. The van der Waals surface area contributed by atoms with Gasteiger partial charge >= 0.3 is 5.97 Å². The number of Topliss-reactive ketones (excluding diaryl/α,β-unsaturated/α-hetero) is 1. The summed E-state index contributed by atoms with van der Waals surface area (Å²) in [6.07, 6.45) is 1.27. The van der Waals surface area contributed by atoms with Crippen LogP contribution in [0.25, 0.3) is 0 Å². The summed E-state index contributed by atoms with van der Waals surface area (Å²) in [5, 5.41) is 8.56. The summed E-state index contributed by atoms with van der Waals surface area (Å²) in [5.41, 5.74) is 1.00. The molecular weight excluding hydrogens is 220 g/mol. The minimum atomic E-state index is -0.405. The van der Waals surface area contributed by atoms with Crippen LogP contribution in [-0.4, -0.2) is 30.1 Å². The molecule has 0 bridgehead atoms. The average molecular weight is 236 g/mol. The second-order valence-electron chi connectivity index (χ2n) is 3.70. The molecule has 1 N–H and O–H groups in total. The maximum atomic E-state index is 11.5. The van der Waals surface area contributed by atoms with Crippen LogP contribution in [0.5, 0.6) is 0 Å². The number of unbranched alkanes of at least 4 members (excludes halogenated alkanes) is 1. The zero-order chi connectivity index (χ0) is 12.7. The molecule has 0 aliphatic rings. The first kappa shape index (κ1) is 13.4. The predicted molar refractivity (Wildman–Crippen MR) is 63.0 cm³/mol. The Morgan fingerprint density at radius 2 is 1.71 bits per heavy atom. The highest BCUT2D eigenvalue weighted by Crippen LogP contribution is 2.07. The smallest absolute Gasteiger partial charge is 0.338 e. The molecule has 1 aromatic rings. The molecule has 0 fully saturated rings. The first-order valence-electron chi connectivity index (χ1n) is 5.54. The number of hydrogen-bond donors (Lipinski definition) is 1. The monoisotopic (exact) mass is 236 g/mol. The van der Waals surface area contributed by atoms with Crippen molar-refractivity contribution in [2.45, 2.75) is 19.8 Å².